The van der Waals surface area contributed by atoms with Crippen molar-refractivity contribution >= 4 is 5.69 Å². The van der Waals surface area contributed by atoms with Crippen LogP contribution < -0.4 is 5.32 Å². The fourth-order valence-electron chi connectivity index (χ4n) is 2.51. The topological polar surface area (TPSA) is 30.5 Å². The fraction of sp³-hybridized carbons (Fsp3) is 0.600. The van der Waals surface area contributed by atoms with Crippen LogP contribution in [0.25, 0.3) is 0 Å². The molecule has 1 aliphatic rings. The average molecular weight is 249 g/mol. The van der Waals surface area contributed by atoms with E-state index in [-0.39, 0.29) is 12.2 Å². The van der Waals surface area contributed by atoms with Gasteiger partial charge in [-0.2, -0.15) is 0 Å². The smallest absolute Gasteiger partial charge is 0.103 e. The molecule has 0 aromatic heterocycles. The van der Waals surface area contributed by atoms with Crippen LogP contribution in [0.15, 0.2) is 24.3 Å². The minimum Gasteiger partial charge on any atom is -0.379 e. The summed E-state index contributed by atoms with van der Waals surface area (Å²) in [6.45, 7) is 4.95. The second-order valence-corrected chi connectivity index (χ2v) is 4.73. The number of ether oxygens (including phenoxy) is 2. The van der Waals surface area contributed by atoms with Gasteiger partial charge in [-0.15, -0.1) is 0 Å². The van der Waals surface area contributed by atoms with Crippen molar-refractivity contribution in [2.45, 2.75) is 44.9 Å². The lowest BCUT2D eigenvalue weighted by molar-refractivity contribution is -0.118. The number of anilines is 1. The lowest BCUT2D eigenvalue weighted by atomic mass is 9.85. The van der Waals surface area contributed by atoms with Crippen LogP contribution in [0.2, 0.25) is 0 Å². The SMILES string of the molecule is CCOC1CC(Nc2cccc(CC)c2)C1OC. The molecule has 0 amide bonds. The largest absolute Gasteiger partial charge is 0.379 e. The molecule has 0 spiro atoms. The van der Waals surface area contributed by atoms with Gasteiger partial charge in [0, 0.05) is 19.4 Å². The summed E-state index contributed by atoms with van der Waals surface area (Å²) in [5, 5.41) is 3.54. The Morgan fingerprint density at radius 1 is 1.33 bits per heavy atom. The first-order valence-corrected chi connectivity index (χ1v) is 6.78. The van der Waals surface area contributed by atoms with E-state index in [1.165, 1.54) is 11.3 Å². The van der Waals surface area contributed by atoms with E-state index in [4.69, 9.17) is 9.47 Å². The number of rotatable bonds is 6. The quantitative estimate of drug-likeness (QED) is 0.841. The Hall–Kier alpha value is -1.06. The summed E-state index contributed by atoms with van der Waals surface area (Å²) in [6, 6.07) is 8.93. The van der Waals surface area contributed by atoms with Crippen LogP contribution >= 0.6 is 0 Å². The molecule has 18 heavy (non-hydrogen) atoms. The minimum atomic E-state index is 0.162. The first-order chi connectivity index (χ1) is 8.78. The third kappa shape index (κ3) is 2.85. The molecule has 1 fully saturated rings. The zero-order chi connectivity index (χ0) is 13.0. The van der Waals surface area contributed by atoms with Gasteiger partial charge in [0.2, 0.25) is 0 Å². The lowest BCUT2D eigenvalue weighted by Gasteiger charge is -2.43. The summed E-state index contributed by atoms with van der Waals surface area (Å²) in [4.78, 5) is 0. The first-order valence-electron chi connectivity index (χ1n) is 6.78. The number of nitrogens with one attached hydrogen (secondary N) is 1. The number of benzene rings is 1. The van der Waals surface area contributed by atoms with Gasteiger partial charge in [0.1, 0.15) is 6.10 Å². The van der Waals surface area contributed by atoms with Crippen LogP contribution in [0, 0.1) is 0 Å². The number of hydrogen-bond donors (Lipinski definition) is 1. The molecule has 1 aromatic carbocycles. The van der Waals surface area contributed by atoms with Crippen molar-refractivity contribution in [2.75, 3.05) is 19.0 Å². The van der Waals surface area contributed by atoms with E-state index in [9.17, 15) is 0 Å². The highest BCUT2D eigenvalue weighted by Gasteiger charge is 2.42. The Labute approximate surface area is 109 Å². The maximum absolute atomic E-state index is 5.63. The Morgan fingerprint density at radius 3 is 2.83 bits per heavy atom. The van der Waals surface area contributed by atoms with Gasteiger partial charge in [-0.05, 0) is 37.5 Å². The summed E-state index contributed by atoms with van der Waals surface area (Å²) < 4.78 is 11.1. The molecule has 1 aliphatic carbocycles. The monoisotopic (exact) mass is 249 g/mol. The molecule has 3 heteroatoms. The van der Waals surface area contributed by atoms with Crippen LogP contribution in [0.3, 0.4) is 0 Å². The molecule has 1 saturated carbocycles. The van der Waals surface area contributed by atoms with E-state index in [2.05, 4.69) is 36.5 Å². The van der Waals surface area contributed by atoms with Crippen molar-refractivity contribution in [3.05, 3.63) is 29.8 Å². The molecule has 0 bridgehead atoms. The molecule has 0 heterocycles. The highest BCUT2D eigenvalue weighted by molar-refractivity contribution is 5.47. The number of hydrogen-bond acceptors (Lipinski definition) is 3. The van der Waals surface area contributed by atoms with Gasteiger partial charge in [-0.1, -0.05) is 19.1 Å². The van der Waals surface area contributed by atoms with Crippen LogP contribution in [-0.4, -0.2) is 32.0 Å². The Bertz CT molecular complexity index is 381. The minimum absolute atomic E-state index is 0.162. The normalized spacial score (nSPS) is 26.7. The predicted molar refractivity (Wildman–Crippen MR) is 74.1 cm³/mol. The van der Waals surface area contributed by atoms with E-state index >= 15 is 0 Å². The van der Waals surface area contributed by atoms with Crippen molar-refractivity contribution in [3.63, 3.8) is 0 Å². The van der Waals surface area contributed by atoms with Crippen molar-refractivity contribution < 1.29 is 9.47 Å². The number of aryl methyl sites for hydroxylation is 1. The summed E-state index contributed by atoms with van der Waals surface area (Å²) >= 11 is 0. The lowest BCUT2D eigenvalue weighted by Crippen LogP contribution is -2.56. The molecule has 0 aliphatic heterocycles. The van der Waals surface area contributed by atoms with Gasteiger partial charge >= 0.3 is 0 Å². The van der Waals surface area contributed by atoms with Gasteiger partial charge in [0.15, 0.2) is 0 Å². The van der Waals surface area contributed by atoms with Gasteiger partial charge in [-0.25, -0.2) is 0 Å². The maximum atomic E-state index is 5.63. The summed E-state index contributed by atoms with van der Waals surface area (Å²) in [5.41, 5.74) is 2.53. The van der Waals surface area contributed by atoms with Gasteiger partial charge in [-0.3, -0.25) is 0 Å². The molecular formula is C15H23NO2. The highest BCUT2D eigenvalue weighted by Crippen LogP contribution is 2.30. The van der Waals surface area contributed by atoms with Crippen molar-refractivity contribution in [1.29, 1.82) is 0 Å². The molecule has 0 saturated heterocycles. The molecule has 3 atom stereocenters. The molecule has 0 radical (unpaired) electrons. The summed E-state index contributed by atoms with van der Waals surface area (Å²) in [6.07, 6.45) is 2.49. The van der Waals surface area contributed by atoms with Gasteiger partial charge in [0.05, 0.1) is 12.1 Å². The van der Waals surface area contributed by atoms with E-state index in [1.807, 2.05) is 6.92 Å². The second kappa shape index (κ2) is 6.21. The maximum Gasteiger partial charge on any atom is 0.103 e. The van der Waals surface area contributed by atoms with Crippen LogP contribution in [-0.2, 0) is 15.9 Å². The highest BCUT2D eigenvalue weighted by atomic mass is 16.5. The van der Waals surface area contributed by atoms with E-state index in [0.717, 1.165) is 19.4 Å². The van der Waals surface area contributed by atoms with E-state index < -0.39 is 0 Å². The molecule has 2 rings (SSSR count). The zero-order valence-corrected chi connectivity index (χ0v) is 11.5. The number of methoxy groups -OCH3 is 1. The van der Waals surface area contributed by atoms with Crippen LogP contribution in [0.4, 0.5) is 5.69 Å². The van der Waals surface area contributed by atoms with Crippen LogP contribution in [0.1, 0.15) is 25.8 Å². The first kappa shape index (κ1) is 13.4. The van der Waals surface area contributed by atoms with E-state index in [1.54, 1.807) is 7.11 Å². The fourth-order valence-corrected chi connectivity index (χ4v) is 2.51. The summed E-state index contributed by atoms with van der Waals surface area (Å²) in [7, 11) is 1.76. The molecule has 3 unspecified atom stereocenters. The molecule has 100 valence electrons. The third-order valence-corrected chi connectivity index (χ3v) is 3.59. The molecule has 1 N–H and O–H groups in total. The standard InChI is InChI=1S/C15H23NO2/c1-4-11-7-6-8-12(9-11)16-13-10-14(18-5-2)15(13)17-3/h6-9,13-16H,4-5,10H2,1-3H3. The molecule has 1 aromatic rings. The second-order valence-electron chi connectivity index (χ2n) is 4.73. The van der Waals surface area contributed by atoms with Gasteiger partial charge in [0.25, 0.3) is 0 Å². The Kier molecular flexibility index (Phi) is 4.61. The Balaban J connectivity index is 1.93. The predicted octanol–water partition coefficient (Wildman–Crippen LogP) is 2.85. The summed E-state index contributed by atoms with van der Waals surface area (Å²) in [5.74, 6) is 0. The zero-order valence-electron chi connectivity index (χ0n) is 11.5. The van der Waals surface area contributed by atoms with E-state index in [0.29, 0.717) is 6.04 Å². The Morgan fingerprint density at radius 2 is 2.17 bits per heavy atom. The molecular weight excluding hydrogens is 226 g/mol. The molecule has 3 nitrogen and oxygen atoms in total. The third-order valence-electron chi connectivity index (χ3n) is 3.59. The van der Waals surface area contributed by atoms with Crippen molar-refractivity contribution in [1.82, 2.24) is 0 Å². The van der Waals surface area contributed by atoms with Gasteiger partial charge < -0.3 is 14.8 Å². The average Bonchev–Trinajstić information content (AvgIpc) is 2.38. The van der Waals surface area contributed by atoms with Crippen LogP contribution in [0.5, 0.6) is 0 Å². The van der Waals surface area contributed by atoms with Crippen molar-refractivity contribution in [2.24, 2.45) is 0 Å². The van der Waals surface area contributed by atoms with Crippen molar-refractivity contribution in [3.8, 4) is 0 Å².